The molecule has 2 rings (SSSR count). The summed E-state index contributed by atoms with van der Waals surface area (Å²) in [7, 11) is 0. The Kier molecular flexibility index (Phi) is 2.47. The Morgan fingerprint density at radius 1 is 1.56 bits per heavy atom. The highest BCUT2D eigenvalue weighted by Gasteiger charge is 2.26. The van der Waals surface area contributed by atoms with Crippen molar-refractivity contribution in [3.8, 4) is 11.5 Å². The van der Waals surface area contributed by atoms with Crippen LogP contribution >= 0.6 is 0 Å². The van der Waals surface area contributed by atoms with Crippen LogP contribution in [0.1, 0.15) is 35.9 Å². The highest BCUT2D eigenvalue weighted by atomic mass is 16.5. The van der Waals surface area contributed by atoms with E-state index in [1.165, 1.54) is 6.20 Å². The highest BCUT2D eigenvalue weighted by molar-refractivity contribution is 5.95. The molecule has 16 heavy (non-hydrogen) atoms. The summed E-state index contributed by atoms with van der Waals surface area (Å²) in [4.78, 5) is 17.9. The second kappa shape index (κ2) is 3.80. The van der Waals surface area contributed by atoms with E-state index in [0.29, 0.717) is 11.6 Å². The third-order valence-electron chi connectivity index (χ3n) is 2.18. The summed E-state index contributed by atoms with van der Waals surface area (Å²) in [6, 6.07) is 0. The van der Waals surface area contributed by atoms with Gasteiger partial charge in [0.05, 0.1) is 0 Å². The Labute approximate surface area is 91.3 Å². The molecular formula is C10H11N3O3. The maximum absolute atomic E-state index is 11.2. The molecule has 0 unspecified atom stereocenters. The lowest BCUT2D eigenvalue weighted by atomic mass is 10.0. The Morgan fingerprint density at radius 2 is 2.31 bits per heavy atom. The van der Waals surface area contributed by atoms with Gasteiger partial charge in [-0.05, 0) is 0 Å². The fraction of sp³-hybridized carbons (Fsp3) is 0.300. The summed E-state index contributed by atoms with van der Waals surface area (Å²) < 4.78 is 5.05. The van der Waals surface area contributed by atoms with Gasteiger partial charge in [-0.3, -0.25) is 0 Å². The molecule has 2 aromatic heterocycles. The highest BCUT2D eigenvalue weighted by Crippen LogP contribution is 2.27. The quantitative estimate of drug-likeness (QED) is 0.825. The summed E-state index contributed by atoms with van der Waals surface area (Å²) >= 11 is 0. The molecule has 0 bridgehead atoms. The van der Waals surface area contributed by atoms with Crippen LogP contribution in [0.3, 0.4) is 0 Å². The third kappa shape index (κ3) is 1.58. The molecular weight excluding hydrogens is 210 g/mol. The molecule has 6 heteroatoms. The van der Waals surface area contributed by atoms with Crippen LogP contribution in [0.2, 0.25) is 0 Å². The van der Waals surface area contributed by atoms with Crippen LogP contribution in [0.4, 0.5) is 0 Å². The van der Waals surface area contributed by atoms with Crippen molar-refractivity contribution >= 4 is 5.97 Å². The third-order valence-corrected chi connectivity index (χ3v) is 2.18. The molecule has 84 valence electrons. The van der Waals surface area contributed by atoms with Crippen LogP contribution in [0.25, 0.3) is 11.5 Å². The molecule has 0 radical (unpaired) electrons. The van der Waals surface area contributed by atoms with Crippen molar-refractivity contribution in [1.29, 1.82) is 0 Å². The number of carbonyl (C=O) groups is 1. The standard InChI is InChI=1S/C10H11N3O3/c1-5(2)8-6(10(14)15)7(13-16-8)9-11-3-4-12-9/h3-5H,1-2H3,(H,11,12)(H,14,15). The number of aromatic nitrogens is 3. The van der Waals surface area contributed by atoms with Crippen molar-refractivity contribution in [3.63, 3.8) is 0 Å². The number of carboxylic acids is 1. The molecule has 2 heterocycles. The van der Waals surface area contributed by atoms with Crippen molar-refractivity contribution in [2.45, 2.75) is 19.8 Å². The Morgan fingerprint density at radius 3 is 2.81 bits per heavy atom. The lowest BCUT2D eigenvalue weighted by molar-refractivity contribution is 0.0694. The number of nitrogens with one attached hydrogen (secondary N) is 1. The molecule has 0 spiro atoms. The molecule has 0 aliphatic carbocycles. The molecule has 2 aromatic rings. The lowest BCUT2D eigenvalue weighted by Gasteiger charge is -2.00. The summed E-state index contributed by atoms with van der Waals surface area (Å²) in [5, 5.41) is 12.9. The molecule has 0 fully saturated rings. The minimum atomic E-state index is -1.06. The normalized spacial score (nSPS) is 10.9. The summed E-state index contributed by atoms with van der Waals surface area (Å²) in [6.07, 6.45) is 3.13. The lowest BCUT2D eigenvalue weighted by Crippen LogP contribution is -2.03. The molecule has 0 amide bonds. The minimum absolute atomic E-state index is 0.0395. The van der Waals surface area contributed by atoms with Gasteiger partial charge in [0.2, 0.25) is 0 Å². The fourth-order valence-electron chi connectivity index (χ4n) is 1.46. The smallest absolute Gasteiger partial charge is 0.341 e. The fourth-order valence-corrected chi connectivity index (χ4v) is 1.46. The van der Waals surface area contributed by atoms with E-state index in [1.54, 1.807) is 6.20 Å². The number of rotatable bonds is 3. The van der Waals surface area contributed by atoms with Gasteiger partial charge in [0.15, 0.2) is 17.3 Å². The van der Waals surface area contributed by atoms with Crippen LogP contribution in [0.15, 0.2) is 16.9 Å². The first kappa shape index (κ1) is 10.4. The van der Waals surface area contributed by atoms with Crippen LogP contribution in [0.5, 0.6) is 0 Å². The van der Waals surface area contributed by atoms with Crippen molar-refractivity contribution in [3.05, 3.63) is 23.7 Å². The van der Waals surface area contributed by atoms with Gasteiger partial charge >= 0.3 is 5.97 Å². The Balaban J connectivity index is 2.59. The van der Waals surface area contributed by atoms with Gasteiger partial charge in [0.25, 0.3) is 0 Å². The van der Waals surface area contributed by atoms with E-state index in [4.69, 9.17) is 9.63 Å². The first-order valence-corrected chi connectivity index (χ1v) is 4.84. The minimum Gasteiger partial charge on any atom is -0.477 e. The largest absolute Gasteiger partial charge is 0.477 e. The van der Waals surface area contributed by atoms with E-state index in [-0.39, 0.29) is 17.2 Å². The maximum Gasteiger partial charge on any atom is 0.341 e. The first-order valence-electron chi connectivity index (χ1n) is 4.84. The van der Waals surface area contributed by atoms with Gasteiger partial charge in [0, 0.05) is 18.3 Å². The maximum atomic E-state index is 11.2. The van der Waals surface area contributed by atoms with E-state index >= 15 is 0 Å². The van der Waals surface area contributed by atoms with Gasteiger partial charge in [-0.2, -0.15) is 0 Å². The van der Waals surface area contributed by atoms with E-state index < -0.39 is 5.97 Å². The molecule has 0 saturated carbocycles. The van der Waals surface area contributed by atoms with Gasteiger partial charge in [0.1, 0.15) is 5.56 Å². The number of hydrogen-bond acceptors (Lipinski definition) is 4. The van der Waals surface area contributed by atoms with Crippen LogP contribution < -0.4 is 0 Å². The predicted octanol–water partition coefficient (Wildman–Crippen LogP) is 1.89. The second-order valence-electron chi connectivity index (χ2n) is 3.67. The number of carboxylic acid groups (broad SMARTS) is 1. The van der Waals surface area contributed by atoms with E-state index in [1.807, 2.05) is 13.8 Å². The SMILES string of the molecule is CC(C)c1onc(-c2ncc[nH]2)c1C(=O)O. The molecule has 0 aromatic carbocycles. The first-order chi connectivity index (χ1) is 7.61. The van der Waals surface area contributed by atoms with Gasteiger partial charge in [-0.1, -0.05) is 19.0 Å². The second-order valence-corrected chi connectivity index (χ2v) is 3.67. The molecule has 0 atom stereocenters. The molecule has 0 saturated heterocycles. The molecule has 0 aliphatic rings. The molecule has 2 N–H and O–H groups in total. The van der Waals surface area contributed by atoms with Crippen molar-refractivity contribution in [2.75, 3.05) is 0 Å². The van der Waals surface area contributed by atoms with Crippen LogP contribution in [0, 0.1) is 0 Å². The zero-order valence-electron chi connectivity index (χ0n) is 8.89. The van der Waals surface area contributed by atoms with Gasteiger partial charge in [-0.15, -0.1) is 0 Å². The van der Waals surface area contributed by atoms with E-state index in [9.17, 15) is 4.79 Å². The zero-order valence-corrected chi connectivity index (χ0v) is 8.89. The van der Waals surface area contributed by atoms with E-state index in [0.717, 1.165) is 0 Å². The number of imidazole rings is 1. The van der Waals surface area contributed by atoms with Gasteiger partial charge in [-0.25, -0.2) is 9.78 Å². The zero-order chi connectivity index (χ0) is 11.7. The summed E-state index contributed by atoms with van der Waals surface area (Å²) in [5.74, 6) is -0.342. The average molecular weight is 221 g/mol. The van der Waals surface area contributed by atoms with Crippen molar-refractivity contribution < 1.29 is 14.4 Å². The topological polar surface area (TPSA) is 92.0 Å². The number of hydrogen-bond donors (Lipinski definition) is 2. The summed E-state index contributed by atoms with van der Waals surface area (Å²) in [5.41, 5.74) is 0.311. The number of nitrogens with zero attached hydrogens (tertiary/aromatic N) is 2. The Hall–Kier alpha value is -2.11. The Bertz CT molecular complexity index is 499. The monoisotopic (exact) mass is 221 g/mol. The average Bonchev–Trinajstić information content (AvgIpc) is 2.85. The number of aromatic amines is 1. The number of aromatic carboxylic acids is 1. The van der Waals surface area contributed by atoms with E-state index in [2.05, 4.69) is 15.1 Å². The summed E-state index contributed by atoms with van der Waals surface area (Å²) in [6.45, 7) is 3.69. The predicted molar refractivity (Wildman–Crippen MR) is 55.1 cm³/mol. The number of H-pyrrole nitrogens is 1. The molecule has 0 aliphatic heterocycles. The van der Waals surface area contributed by atoms with Crippen molar-refractivity contribution in [2.24, 2.45) is 0 Å². The molecule has 6 nitrogen and oxygen atoms in total. The van der Waals surface area contributed by atoms with Gasteiger partial charge < -0.3 is 14.6 Å². The van der Waals surface area contributed by atoms with Crippen LogP contribution in [-0.4, -0.2) is 26.2 Å². The van der Waals surface area contributed by atoms with Crippen molar-refractivity contribution in [1.82, 2.24) is 15.1 Å². The van der Waals surface area contributed by atoms with Crippen LogP contribution in [-0.2, 0) is 0 Å².